The molecule has 1 aromatic carbocycles. The molecule has 138 valence electrons. The molecule has 0 saturated carbocycles. The zero-order valence-electron chi connectivity index (χ0n) is 15.7. The molecule has 4 heteroatoms. The van der Waals surface area contributed by atoms with Crippen molar-refractivity contribution in [2.45, 2.75) is 31.8 Å². The Kier molecular flexibility index (Phi) is 5.45. The molecule has 0 unspecified atom stereocenters. The summed E-state index contributed by atoms with van der Waals surface area (Å²) in [5.41, 5.74) is 4.76. The number of hydrogen-bond donors (Lipinski definition) is 0. The molecule has 0 aliphatic carbocycles. The minimum atomic E-state index is 0.385. The second-order valence-corrected chi connectivity index (χ2v) is 7.07. The van der Waals surface area contributed by atoms with E-state index in [1.165, 1.54) is 23.2 Å². The molecule has 0 amide bonds. The maximum absolute atomic E-state index is 5.34. The first kappa shape index (κ1) is 17.7. The second kappa shape index (κ2) is 8.31. The van der Waals surface area contributed by atoms with Crippen LogP contribution >= 0.6 is 0 Å². The lowest BCUT2D eigenvalue weighted by Crippen LogP contribution is -2.23. The van der Waals surface area contributed by atoms with Gasteiger partial charge in [-0.15, -0.1) is 0 Å². The van der Waals surface area contributed by atoms with Gasteiger partial charge in [-0.25, -0.2) is 0 Å². The van der Waals surface area contributed by atoms with Gasteiger partial charge in [-0.05, 0) is 60.8 Å². The fraction of sp³-hybridized carbons (Fsp3) is 0.304. The van der Waals surface area contributed by atoms with Crippen molar-refractivity contribution in [1.82, 2.24) is 14.9 Å². The van der Waals surface area contributed by atoms with Crippen molar-refractivity contribution >= 4 is 0 Å². The van der Waals surface area contributed by atoms with Crippen molar-refractivity contribution in [3.63, 3.8) is 0 Å². The quantitative estimate of drug-likeness (QED) is 0.653. The fourth-order valence-electron chi connectivity index (χ4n) is 3.85. The van der Waals surface area contributed by atoms with E-state index in [-0.39, 0.29) is 0 Å². The molecule has 0 radical (unpaired) electrons. The average Bonchev–Trinajstić information content (AvgIpc) is 3.17. The molecule has 1 aliphatic heterocycles. The van der Waals surface area contributed by atoms with Gasteiger partial charge in [-0.1, -0.05) is 24.3 Å². The maximum atomic E-state index is 5.34. The van der Waals surface area contributed by atoms with Crippen LogP contribution in [0, 0.1) is 0 Å². The SMILES string of the molecule is COc1cccc(Cc2cccc([C@H]3CCCN3Cc3cccnc3)n2)c1. The van der Waals surface area contributed by atoms with Crippen molar-refractivity contribution in [1.29, 1.82) is 0 Å². The summed E-state index contributed by atoms with van der Waals surface area (Å²) in [5.74, 6) is 0.891. The molecule has 1 fully saturated rings. The van der Waals surface area contributed by atoms with Crippen LogP contribution in [0.3, 0.4) is 0 Å². The van der Waals surface area contributed by atoms with Crippen LogP contribution in [0.1, 0.15) is 41.4 Å². The summed E-state index contributed by atoms with van der Waals surface area (Å²) in [6.45, 7) is 2.04. The van der Waals surface area contributed by atoms with Crippen molar-refractivity contribution in [2.24, 2.45) is 0 Å². The summed E-state index contributed by atoms with van der Waals surface area (Å²) in [4.78, 5) is 11.8. The van der Waals surface area contributed by atoms with Crippen molar-refractivity contribution in [3.8, 4) is 5.75 Å². The first-order valence-corrected chi connectivity index (χ1v) is 9.53. The molecular weight excluding hydrogens is 334 g/mol. The van der Waals surface area contributed by atoms with Gasteiger partial charge in [0, 0.05) is 31.1 Å². The molecule has 2 aromatic heterocycles. The summed E-state index contributed by atoms with van der Waals surface area (Å²) in [6, 6.07) is 19.2. The standard InChI is InChI=1S/C23H25N3O/c1-27-21-9-2-6-18(15-21)14-20-8-3-10-22(25-20)23-11-5-13-26(23)17-19-7-4-12-24-16-19/h2-4,6-10,12,15-16,23H,5,11,13-14,17H2,1H3/t23-/m1/s1. The number of hydrogen-bond acceptors (Lipinski definition) is 4. The zero-order valence-corrected chi connectivity index (χ0v) is 15.7. The Balaban J connectivity index is 1.51. The Morgan fingerprint density at radius 2 is 1.96 bits per heavy atom. The van der Waals surface area contributed by atoms with Gasteiger partial charge in [0.2, 0.25) is 0 Å². The van der Waals surface area contributed by atoms with E-state index < -0.39 is 0 Å². The third-order valence-corrected chi connectivity index (χ3v) is 5.16. The van der Waals surface area contributed by atoms with E-state index in [9.17, 15) is 0 Å². The number of rotatable bonds is 6. The van der Waals surface area contributed by atoms with E-state index in [4.69, 9.17) is 9.72 Å². The van der Waals surface area contributed by atoms with Crippen LogP contribution in [0.5, 0.6) is 5.75 Å². The predicted octanol–water partition coefficient (Wildman–Crippen LogP) is 4.41. The van der Waals surface area contributed by atoms with E-state index in [2.05, 4.69) is 46.3 Å². The largest absolute Gasteiger partial charge is 0.497 e. The number of aromatic nitrogens is 2. The Hall–Kier alpha value is -2.72. The van der Waals surface area contributed by atoms with Gasteiger partial charge in [0.15, 0.2) is 0 Å². The average molecular weight is 359 g/mol. The zero-order chi connectivity index (χ0) is 18.5. The lowest BCUT2D eigenvalue weighted by molar-refractivity contribution is 0.244. The van der Waals surface area contributed by atoms with Gasteiger partial charge in [0.1, 0.15) is 5.75 Å². The van der Waals surface area contributed by atoms with Gasteiger partial charge in [-0.2, -0.15) is 0 Å². The van der Waals surface area contributed by atoms with Gasteiger partial charge in [-0.3, -0.25) is 14.9 Å². The van der Waals surface area contributed by atoms with Crippen molar-refractivity contribution < 1.29 is 4.74 Å². The lowest BCUT2D eigenvalue weighted by atomic mass is 10.1. The molecule has 1 aliphatic rings. The van der Waals surface area contributed by atoms with Crippen molar-refractivity contribution in [3.05, 3.63) is 89.5 Å². The van der Waals surface area contributed by atoms with Crippen LogP contribution in [0.2, 0.25) is 0 Å². The Morgan fingerprint density at radius 3 is 2.81 bits per heavy atom. The Bertz CT molecular complexity index is 882. The summed E-state index contributed by atoms with van der Waals surface area (Å²) < 4.78 is 5.34. The summed E-state index contributed by atoms with van der Waals surface area (Å²) in [7, 11) is 1.70. The van der Waals surface area contributed by atoms with Crippen LogP contribution in [-0.2, 0) is 13.0 Å². The van der Waals surface area contributed by atoms with Gasteiger partial charge in [0.25, 0.3) is 0 Å². The molecule has 3 aromatic rings. The third kappa shape index (κ3) is 4.34. The fourth-order valence-corrected chi connectivity index (χ4v) is 3.85. The second-order valence-electron chi connectivity index (χ2n) is 7.07. The highest BCUT2D eigenvalue weighted by Crippen LogP contribution is 2.32. The molecular formula is C23H25N3O. The maximum Gasteiger partial charge on any atom is 0.119 e. The molecule has 0 bridgehead atoms. The smallest absolute Gasteiger partial charge is 0.119 e. The third-order valence-electron chi connectivity index (χ3n) is 5.16. The number of likely N-dealkylation sites (tertiary alicyclic amines) is 1. The topological polar surface area (TPSA) is 38.2 Å². The van der Waals surface area contributed by atoms with E-state index in [1.807, 2.05) is 30.6 Å². The molecule has 1 saturated heterocycles. The molecule has 0 spiro atoms. The van der Waals surface area contributed by atoms with E-state index in [0.29, 0.717) is 6.04 Å². The van der Waals surface area contributed by atoms with Crippen molar-refractivity contribution in [2.75, 3.05) is 13.7 Å². The first-order chi connectivity index (χ1) is 13.3. The highest BCUT2D eigenvalue weighted by molar-refractivity contribution is 5.31. The summed E-state index contributed by atoms with van der Waals surface area (Å²) in [6.07, 6.45) is 6.99. The van der Waals surface area contributed by atoms with Crippen LogP contribution < -0.4 is 4.74 Å². The number of methoxy groups -OCH3 is 1. The summed E-state index contributed by atoms with van der Waals surface area (Å²) >= 11 is 0. The Labute approximate surface area is 160 Å². The molecule has 1 atom stereocenters. The molecule has 3 heterocycles. The van der Waals surface area contributed by atoms with E-state index in [1.54, 1.807) is 7.11 Å². The predicted molar refractivity (Wildman–Crippen MR) is 107 cm³/mol. The van der Waals surface area contributed by atoms with E-state index in [0.717, 1.165) is 37.4 Å². The van der Waals surface area contributed by atoms with Crippen LogP contribution in [0.25, 0.3) is 0 Å². The minimum Gasteiger partial charge on any atom is -0.497 e. The Morgan fingerprint density at radius 1 is 1.07 bits per heavy atom. The number of benzene rings is 1. The van der Waals surface area contributed by atoms with Gasteiger partial charge < -0.3 is 4.74 Å². The number of ether oxygens (including phenoxy) is 1. The van der Waals surface area contributed by atoms with Crippen LogP contribution in [0.15, 0.2) is 67.0 Å². The normalized spacial score (nSPS) is 17.1. The minimum absolute atomic E-state index is 0.385. The monoisotopic (exact) mass is 359 g/mol. The van der Waals surface area contributed by atoms with Gasteiger partial charge in [0.05, 0.1) is 18.8 Å². The molecule has 27 heavy (non-hydrogen) atoms. The van der Waals surface area contributed by atoms with Crippen LogP contribution in [0.4, 0.5) is 0 Å². The number of pyridine rings is 2. The van der Waals surface area contributed by atoms with E-state index >= 15 is 0 Å². The van der Waals surface area contributed by atoms with Crippen LogP contribution in [-0.4, -0.2) is 28.5 Å². The lowest BCUT2D eigenvalue weighted by Gasteiger charge is -2.24. The summed E-state index contributed by atoms with van der Waals surface area (Å²) in [5, 5.41) is 0. The van der Waals surface area contributed by atoms with Gasteiger partial charge >= 0.3 is 0 Å². The highest BCUT2D eigenvalue weighted by atomic mass is 16.5. The first-order valence-electron chi connectivity index (χ1n) is 9.53. The molecule has 4 rings (SSSR count). The molecule has 0 N–H and O–H groups in total. The highest BCUT2D eigenvalue weighted by Gasteiger charge is 2.27. The number of nitrogens with zero attached hydrogens (tertiary/aromatic N) is 3. The molecule has 4 nitrogen and oxygen atoms in total.